The molecule has 5 rings (SSSR count). The zero-order valence-electron chi connectivity index (χ0n) is 23.1. The minimum absolute atomic E-state index is 0.0662. The van der Waals surface area contributed by atoms with Crippen LogP contribution in [0.1, 0.15) is 59.8 Å². The summed E-state index contributed by atoms with van der Waals surface area (Å²) in [6, 6.07) is 0. The van der Waals surface area contributed by atoms with Crippen molar-refractivity contribution in [1.29, 1.82) is 0 Å². The molecule has 11 atom stereocenters. The van der Waals surface area contributed by atoms with Crippen molar-refractivity contribution in [3.05, 3.63) is 0 Å². The summed E-state index contributed by atoms with van der Waals surface area (Å²) in [6.07, 6.45) is -11.9. The zero-order chi connectivity index (χ0) is 30.0. The predicted octanol–water partition coefficient (Wildman–Crippen LogP) is 5.32. The Labute approximate surface area is 228 Å². The molecule has 0 aromatic heterocycles. The molecule has 0 amide bonds. The summed E-state index contributed by atoms with van der Waals surface area (Å²) in [5.41, 5.74) is -6.56. The fraction of sp³-hybridized carbons (Fsp3) is 0.893. The molecule has 6 nitrogen and oxygen atoms in total. The molecular weight excluding hydrogens is 546 g/mol. The molecule has 1 N–H and O–H groups in total. The van der Waals surface area contributed by atoms with Gasteiger partial charge in [-0.3, -0.25) is 14.4 Å². The van der Waals surface area contributed by atoms with Crippen LogP contribution in [0.3, 0.4) is 0 Å². The second-order valence-electron chi connectivity index (χ2n) is 13.9. The van der Waals surface area contributed by atoms with Crippen molar-refractivity contribution < 1.29 is 55.3 Å². The van der Waals surface area contributed by atoms with Gasteiger partial charge in [0, 0.05) is 0 Å². The first-order valence-electron chi connectivity index (χ1n) is 13.9. The third kappa shape index (κ3) is 3.75. The van der Waals surface area contributed by atoms with Crippen LogP contribution in [-0.2, 0) is 23.9 Å². The summed E-state index contributed by atoms with van der Waals surface area (Å²) in [4.78, 5) is 39.1. The Balaban J connectivity index is 1.50. The quantitative estimate of drug-likeness (QED) is 0.268. The van der Waals surface area contributed by atoms with E-state index >= 15 is 0 Å². The standard InChI is InChI=1S/C28H36F6O6/c1-11-12-6-14(10-26(38,27(29,30)31)28(32,33)34)16(8-12)25(11,4)20-18(22(36)40-23(20)37)19-13-7-15(21(35)39-5)17(9-13)24(19,2)3/h11-20,38H,6-10H2,1-5H3. The van der Waals surface area contributed by atoms with E-state index in [1.165, 1.54) is 7.11 Å². The van der Waals surface area contributed by atoms with Gasteiger partial charge in [-0.15, -0.1) is 0 Å². The number of hydrogen-bond acceptors (Lipinski definition) is 6. The first-order valence-corrected chi connectivity index (χ1v) is 13.9. The molecule has 4 saturated carbocycles. The fourth-order valence-electron chi connectivity index (χ4n) is 10.4. The van der Waals surface area contributed by atoms with Gasteiger partial charge in [0.1, 0.15) is 0 Å². The van der Waals surface area contributed by atoms with Gasteiger partial charge >= 0.3 is 30.3 Å². The van der Waals surface area contributed by atoms with Crippen molar-refractivity contribution in [2.24, 2.45) is 70.0 Å². The molecule has 1 saturated heterocycles. The van der Waals surface area contributed by atoms with E-state index in [9.17, 15) is 45.8 Å². The number of carbonyl (C=O) groups excluding carboxylic acids is 3. The summed E-state index contributed by atoms with van der Waals surface area (Å²) >= 11 is 0. The lowest BCUT2D eigenvalue weighted by Gasteiger charge is -2.51. The van der Waals surface area contributed by atoms with Crippen molar-refractivity contribution in [2.45, 2.75) is 77.8 Å². The van der Waals surface area contributed by atoms with Crippen molar-refractivity contribution >= 4 is 17.9 Å². The van der Waals surface area contributed by atoms with E-state index in [0.29, 0.717) is 19.3 Å². The molecule has 12 heteroatoms. The molecule has 0 aromatic rings. The SMILES string of the molecule is COC(=O)C1CC2CC1C(C)(C)C2C1C(=O)OC(=O)C1C1(C)C(C)C2CC(CC(O)(C(F)(F)F)C(F)(F)F)C1C2. The van der Waals surface area contributed by atoms with Crippen LogP contribution < -0.4 is 0 Å². The number of alkyl halides is 6. The highest BCUT2D eigenvalue weighted by Gasteiger charge is 2.75. The van der Waals surface area contributed by atoms with Gasteiger partial charge < -0.3 is 14.6 Å². The van der Waals surface area contributed by atoms with Gasteiger partial charge in [-0.1, -0.05) is 27.7 Å². The first-order chi connectivity index (χ1) is 18.2. The number of rotatable bonds is 5. The number of hydrogen-bond donors (Lipinski definition) is 1. The number of halogens is 6. The summed E-state index contributed by atoms with van der Waals surface area (Å²) in [5, 5.41) is 9.99. The van der Waals surface area contributed by atoms with E-state index in [2.05, 4.69) is 0 Å². The summed E-state index contributed by atoms with van der Waals surface area (Å²) in [7, 11) is 1.31. The highest BCUT2D eigenvalue weighted by molar-refractivity contribution is 5.97. The van der Waals surface area contributed by atoms with Crippen molar-refractivity contribution in [3.63, 3.8) is 0 Å². The van der Waals surface area contributed by atoms with Gasteiger partial charge in [-0.05, 0) is 84.4 Å². The molecule has 4 aliphatic carbocycles. The number of esters is 3. The molecule has 1 aliphatic heterocycles. The Bertz CT molecular complexity index is 1090. The van der Waals surface area contributed by atoms with Crippen LogP contribution in [0.4, 0.5) is 26.3 Å². The third-order valence-corrected chi connectivity index (χ3v) is 12.3. The molecule has 5 aliphatic rings. The molecular formula is C28H36F6O6. The van der Waals surface area contributed by atoms with Crippen LogP contribution >= 0.6 is 0 Å². The first kappa shape index (κ1) is 29.6. The van der Waals surface area contributed by atoms with Crippen LogP contribution in [0.15, 0.2) is 0 Å². The highest BCUT2D eigenvalue weighted by atomic mass is 19.4. The van der Waals surface area contributed by atoms with Crippen LogP contribution in [0.2, 0.25) is 0 Å². The lowest BCUT2D eigenvalue weighted by Crippen LogP contribution is -2.59. The van der Waals surface area contributed by atoms with Gasteiger partial charge in [0.05, 0.1) is 24.9 Å². The van der Waals surface area contributed by atoms with E-state index < -0.39 is 70.8 Å². The number of aliphatic hydroxyl groups is 1. The average molecular weight is 583 g/mol. The van der Waals surface area contributed by atoms with Crippen LogP contribution in [0.5, 0.6) is 0 Å². The zero-order valence-corrected chi connectivity index (χ0v) is 23.1. The smallest absolute Gasteiger partial charge is 0.426 e. The van der Waals surface area contributed by atoms with E-state index in [0.717, 1.165) is 0 Å². The van der Waals surface area contributed by atoms with E-state index in [1.54, 1.807) is 6.92 Å². The Hall–Kier alpha value is -1.85. The molecule has 4 bridgehead atoms. The number of methoxy groups -OCH3 is 1. The Morgan fingerprint density at radius 1 is 0.950 bits per heavy atom. The molecule has 226 valence electrons. The minimum Gasteiger partial charge on any atom is -0.469 e. The average Bonchev–Trinajstić information content (AvgIpc) is 3.59. The lowest BCUT2D eigenvalue weighted by atomic mass is 9.51. The molecule has 0 radical (unpaired) electrons. The Morgan fingerprint density at radius 3 is 2.02 bits per heavy atom. The largest absolute Gasteiger partial charge is 0.469 e. The van der Waals surface area contributed by atoms with E-state index in [1.807, 2.05) is 20.8 Å². The number of carbonyl (C=O) groups is 3. The molecule has 0 spiro atoms. The molecule has 5 fully saturated rings. The molecule has 11 unspecified atom stereocenters. The summed E-state index contributed by atoms with van der Waals surface area (Å²) in [5.74, 6) is -7.15. The van der Waals surface area contributed by atoms with Crippen LogP contribution in [0, 0.1) is 70.0 Å². The predicted molar refractivity (Wildman–Crippen MR) is 126 cm³/mol. The fourth-order valence-corrected chi connectivity index (χ4v) is 10.4. The summed E-state index contributed by atoms with van der Waals surface area (Å²) in [6.45, 7) is 7.41. The number of ether oxygens (including phenoxy) is 2. The van der Waals surface area contributed by atoms with Crippen LogP contribution in [-0.4, -0.2) is 48.1 Å². The second-order valence-corrected chi connectivity index (χ2v) is 13.9. The number of cyclic esters (lactones) is 2. The minimum atomic E-state index is -5.93. The maximum absolute atomic E-state index is 13.6. The lowest BCUT2D eigenvalue weighted by molar-refractivity contribution is -0.374. The van der Waals surface area contributed by atoms with Gasteiger partial charge in [0.25, 0.3) is 5.60 Å². The maximum Gasteiger partial charge on any atom is 0.426 e. The van der Waals surface area contributed by atoms with Crippen molar-refractivity contribution in [2.75, 3.05) is 7.11 Å². The third-order valence-electron chi connectivity index (χ3n) is 12.3. The molecule has 1 heterocycles. The number of fused-ring (bicyclic) bond motifs is 4. The topological polar surface area (TPSA) is 89.9 Å². The van der Waals surface area contributed by atoms with Gasteiger partial charge in [-0.2, -0.15) is 26.3 Å². The van der Waals surface area contributed by atoms with Crippen molar-refractivity contribution in [3.8, 4) is 0 Å². The van der Waals surface area contributed by atoms with E-state index in [4.69, 9.17) is 9.47 Å². The van der Waals surface area contributed by atoms with Gasteiger partial charge in [0.15, 0.2) is 0 Å². The molecule has 0 aromatic carbocycles. The molecule has 40 heavy (non-hydrogen) atoms. The highest BCUT2D eigenvalue weighted by Crippen LogP contribution is 2.72. The normalized spacial score (nSPS) is 44.4. The maximum atomic E-state index is 13.6. The second kappa shape index (κ2) is 8.83. The summed E-state index contributed by atoms with van der Waals surface area (Å²) < 4.78 is 91.8. The van der Waals surface area contributed by atoms with Gasteiger partial charge in [-0.25, -0.2) is 0 Å². The van der Waals surface area contributed by atoms with E-state index in [-0.39, 0.29) is 47.9 Å². The van der Waals surface area contributed by atoms with Crippen LogP contribution in [0.25, 0.3) is 0 Å². The Kier molecular flexibility index (Phi) is 6.54. The monoisotopic (exact) mass is 582 g/mol. The Morgan fingerprint density at radius 2 is 1.52 bits per heavy atom. The van der Waals surface area contributed by atoms with Crippen molar-refractivity contribution in [1.82, 2.24) is 0 Å². The van der Waals surface area contributed by atoms with Gasteiger partial charge in [0.2, 0.25) is 0 Å².